The van der Waals surface area contributed by atoms with Crippen molar-refractivity contribution in [1.82, 2.24) is 0 Å². The maximum Gasteiger partial charge on any atom is 0.438 e. The Labute approximate surface area is 106 Å². The molecule has 0 fully saturated rings. The molecule has 0 spiro atoms. The van der Waals surface area contributed by atoms with Gasteiger partial charge in [-0.1, -0.05) is 6.58 Å². The monoisotopic (exact) mass is 318 g/mol. The molecule has 0 rings (SSSR count). The molecule has 0 saturated carbocycles. The van der Waals surface area contributed by atoms with Gasteiger partial charge in [0, 0.05) is 0 Å². The van der Waals surface area contributed by atoms with Gasteiger partial charge < -0.3 is 4.74 Å². The summed E-state index contributed by atoms with van der Waals surface area (Å²) in [5, 5.41) is 0. The zero-order chi connectivity index (χ0) is 16.6. The van der Waals surface area contributed by atoms with E-state index in [0.717, 1.165) is 6.92 Å². The molecule has 0 radical (unpaired) electrons. The predicted octanol–water partition coefficient (Wildman–Crippen LogP) is 3.57. The van der Waals surface area contributed by atoms with E-state index >= 15 is 0 Å². The lowest BCUT2D eigenvalue weighted by molar-refractivity contribution is -0.388. The van der Waals surface area contributed by atoms with Crippen LogP contribution in [0.25, 0.3) is 0 Å². The summed E-state index contributed by atoms with van der Waals surface area (Å²) in [6, 6.07) is 0. The molecule has 0 aliphatic carbocycles. The van der Waals surface area contributed by atoms with Gasteiger partial charge in [-0.2, -0.15) is 35.1 Å². The molecule has 0 aromatic carbocycles. The summed E-state index contributed by atoms with van der Waals surface area (Å²) in [7, 11) is 0. The van der Waals surface area contributed by atoms with Gasteiger partial charge >= 0.3 is 29.9 Å². The van der Waals surface area contributed by atoms with E-state index in [0.29, 0.717) is 0 Å². The molecule has 2 nitrogen and oxygen atoms in total. The molecule has 0 amide bonds. The highest BCUT2D eigenvalue weighted by Crippen LogP contribution is 2.56. The highest BCUT2D eigenvalue weighted by Gasteiger charge is 2.85. The average Bonchev–Trinajstić information content (AvgIpc) is 2.23. The van der Waals surface area contributed by atoms with Gasteiger partial charge in [0.25, 0.3) is 0 Å². The maximum absolute atomic E-state index is 13.2. The Morgan fingerprint density at radius 1 is 0.950 bits per heavy atom. The van der Waals surface area contributed by atoms with E-state index in [4.69, 9.17) is 0 Å². The van der Waals surface area contributed by atoms with Crippen LogP contribution < -0.4 is 0 Å². The third kappa shape index (κ3) is 2.70. The summed E-state index contributed by atoms with van der Waals surface area (Å²) >= 11 is 0. The first-order valence-corrected chi connectivity index (χ1v) is 4.71. The van der Waals surface area contributed by atoms with E-state index < -0.39 is 42.1 Å². The van der Waals surface area contributed by atoms with Crippen molar-refractivity contribution in [1.29, 1.82) is 0 Å². The van der Waals surface area contributed by atoms with Crippen LogP contribution in [0.15, 0.2) is 12.2 Å². The normalized spacial score (nSPS) is 14.1. The zero-order valence-electron chi connectivity index (χ0n) is 9.63. The molecule has 0 N–H and O–H groups in total. The van der Waals surface area contributed by atoms with Gasteiger partial charge in [-0.3, -0.25) is 0 Å². The minimum absolute atomic E-state index is 0.634. The Bertz CT molecular complexity index is 379. The van der Waals surface area contributed by atoms with Crippen molar-refractivity contribution in [3.05, 3.63) is 12.2 Å². The summed E-state index contributed by atoms with van der Waals surface area (Å²) in [5.74, 6) is -8.55. The SMILES string of the molecule is C=C(C(=O)OCC)C(F)(F)C(F)(C(F)(F)F)C(F)(F)F. The number of rotatable bonds is 4. The molecule has 0 aliphatic heterocycles. The molecule has 0 saturated heterocycles. The molecule has 0 aromatic heterocycles. The van der Waals surface area contributed by atoms with Crippen LogP contribution in [0.5, 0.6) is 0 Å². The first-order chi connectivity index (χ1) is 8.64. The fourth-order valence-corrected chi connectivity index (χ4v) is 1.07. The molecule has 0 atom stereocenters. The fraction of sp³-hybridized carbons (Fsp3) is 0.667. The topological polar surface area (TPSA) is 26.3 Å². The molecule has 118 valence electrons. The van der Waals surface area contributed by atoms with Gasteiger partial charge in [-0.15, -0.1) is 0 Å². The molecule has 0 unspecified atom stereocenters. The standard InChI is InChI=1S/C9H7F9O2/c1-3-20-5(19)4(2)6(10,11)7(12,8(13,14)15)9(16,17)18/h2-3H2,1H3. The van der Waals surface area contributed by atoms with E-state index in [1.165, 1.54) is 0 Å². The zero-order valence-corrected chi connectivity index (χ0v) is 9.63. The van der Waals surface area contributed by atoms with E-state index in [1.54, 1.807) is 0 Å². The fourth-order valence-electron chi connectivity index (χ4n) is 1.07. The van der Waals surface area contributed by atoms with Crippen molar-refractivity contribution in [2.45, 2.75) is 30.9 Å². The van der Waals surface area contributed by atoms with Crippen LogP contribution in [-0.4, -0.2) is 36.5 Å². The molecule has 0 aliphatic rings. The molecule has 0 aromatic rings. The van der Waals surface area contributed by atoms with Gasteiger partial charge in [0.1, 0.15) is 5.57 Å². The van der Waals surface area contributed by atoms with Gasteiger partial charge in [0.2, 0.25) is 0 Å². The predicted molar refractivity (Wildman–Crippen MR) is 46.7 cm³/mol. The third-order valence-corrected chi connectivity index (χ3v) is 2.11. The van der Waals surface area contributed by atoms with E-state index in [-0.39, 0.29) is 0 Å². The first kappa shape index (κ1) is 18.6. The minimum atomic E-state index is -7.02. The number of alkyl halides is 9. The third-order valence-electron chi connectivity index (χ3n) is 2.11. The number of ether oxygens (including phenoxy) is 1. The number of halogens is 9. The second-order valence-electron chi connectivity index (χ2n) is 3.43. The lowest BCUT2D eigenvalue weighted by atomic mass is 9.90. The quantitative estimate of drug-likeness (QED) is 0.450. The van der Waals surface area contributed by atoms with Crippen LogP contribution in [-0.2, 0) is 9.53 Å². The number of carbonyl (C=O) groups excluding carboxylic acids is 1. The maximum atomic E-state index is 13.2. The van der Waals surface area contributed by atoms with Crippen molar-refractivity contribution in [3.8, 4) is 0 Å². The Balaban J connectivity index is 5.96. The summed E-state index contributed by atoms with van der Waals surface area (Å²) in [6.45, 7) is 2.48. The largest absolute Gasteiger partial charge is 0.462 e. The van der Waals surface area contributed by atoms with Gasteiger partial charge in [-0.25, -0.2) is 9.18 Å². The number of hydrogen-bond acceptors (Lipinski definition) is 2. The highest BCUT2D eigenvalue weighted by atomic mass is 19.4. The smallest absolute Gasteiger partial charge is 0.438 e. The summed E-state index contributed by atoms with van der Waals surface area (Å²) in [6.07, 6.45) is -14.0. The molecule has 0 heterocycles. The summed E-state index contributed by atoms with van der Waals surface area (Å²) < 4.78 is 116. The van der Waals surface area contributed by atoms with Crippen LogP contribution in [0.3, 0.4) is 0 Å². The Morgan fingerprint density at radius 2 is 1.30 bits per heavy atom. The Morgan fingerprint density at radius 3 is 1.55 bits per heavy atom. The Kier molecular flexibility index (Phi) is 4.80. The van der Waals surface area contributed by atoms with E-state index in [2.05, 4.69) is 11.3 Å². The number of esters is 1. The number of hydrogen-bond donors (Lipinski definition) is 0. The summed E-state index contributed by atoms with van der Waals surface area (Å²) in [4.78, 5) is 10.8. The van der Waals surface area contributed by atoms with Crippen LogP contribution in [0.2, 0.25) is 0 Å². The second-order valence-corrected chi connectivity index (χ2v) is 3.43. The molecular weight excluding hydrogens is 311 g/mol. The average molecular weight is 318 g/mol. The van der Waals surface area contributed by atoms with E-state index in [1.807, 2.05) is 0 Å². The van der Waals surface area contributed by atoms with Crippen LogP contribution in [0.4, 0.5) is 39.5 Å². The molecule has 0 bridgehead atoms. The van der Waals surface area contributed by atoms with Crippen molar-refractivity contribution in [2.24, 2.45) is 0 Å². The van der Waals surface area contributed by atoms with Crippen molar-refractivity contribution in [2.75, 3.05) is 6.61 Å². The van der Waals surface area contributed by atoms with Crippen molar-refractivity contribution in [3.63, 3.8) is 0 Å². The van der Waals surface area contributed by atoms with Crippen LogP contribution in [0.1, 0.15) is 6.92 Å². The van der Waals surface area contributed by atoms with Crippen molar-refractivity contribution >= 4 is 5.97 Å². The molecule has 11 heteroatoms. The van der Waals surface area contributed by atoms with Crippen LogP contribution in [0, 0.1) is 0 Å². The molecule has 20 heavy (non-hydrogen) atoms. The lowest BCUT2D eigenvalue weighted by Gasteiger charge is -2.36. The Hall–Kier alpha value is -1.42. The van der Waals surface area contributed by atoms with Crippen molar-refractivity contribution < 1.29 is 49.0 Å². The number of carbonyl (C=O) groups is 1. The minimum Gasteiger partial charge on any atom is -0.462 e. The molecular formula is C9H7F9O2. The second kappa shape index (κ2) is 5.17. The van der Waals surface area contributed by atoms with Crippen LogP contribution >= 0.6 is 0 Å². The summed E-state index contributed by atoms with van der Waals surface area (Å²) in [5.41, 5.74) is -9.55. The van der Waals surface area contributed by atoms with Gasteiger partial charge in [0.15, 0.2) is 0 Å². The van der Waals surface area contributed by atoms with E-state index in [9.17, 15) is 44.3 Å². The highest BCUT2D eigenvalue weighted by molar-refractivity contribution is 5.90. The lowest BCUT2D eigenvalue weighted by Crippen LogP contribution is -2.65. The first-order valence-electron chi connectivity index (χ1n) is 4.71. The van der Waals surface area contributed by atoms with Gasteiger partial charge in [-0.05, 0) is 6.92 Å². The van der Waals surface area contributed by atoms with Gasteiger partial charge in [0.05, 0.1) is 6.61 Å².